The monoisotopic (exact) mass is 306 g/mol. The second kappa shape index (κ2) is 6.89. The van der Waals surface area contributed by atoms with E-state index in [1.54, 1.807) is 11.9 Å². The minimum atomic E-state index is -0.885. The van der Waals surface area contributed by atoms with E-state index in [-0.39, 0.29) is 12.6 Å². The number of hydrogen-bond donors (Lipinski definition) is 1. The third-order valence-corrected chi connectivity index (χ3v) is 3.57. The molecule has 1 heterocycles. The lowest BCUT2D eigenvalue weighted by atomic mass is 10.1. The van der Waals surface area contributed by atoms with E-state index in [9.17, 15) is 9.59 Å². The average molecular weight is 306 g/mol. The molecule has 1 aliphatic heterocycles. The van der Waals surface area contributed by atoms with Crippen molar-refractivity contribution in [3.63, 3.8) is 0 Å². The van der Waals surface area contributed by atoms with E-state index < -0.39 is 17.6 Å². The summed E-state index contributed by atoms with van der Waals surface area (Å²) in [5.74, 6) is -1.66. The van der Waals surface area contributed by atoms with Crippen molar-refractivity contribution in [1.29, 1.82) is 0 Å². The van der Waals surface area contributed by atoms with Crippen LogP contribution >= 0.6 is 0 Å². The fourth-order valence-electron chi connectivity index (χ4n) is 2.50. The van der Waals surface area contributed by atoms with Gasteiger partial charge in [-0.2, -0.15) is 5.01 Å². The molecule has 1 aliphatic rings. The van der Waals surface area contributed by atoms with Gasteiger partial charge in [-0.05, 0) is 32.8 Å². The molecule has 0 radical (unpaired) electrons. The molecule has 1 saturated heterocycles. The van der Waals surface area contributed by atoms with E-state index in [0.717, 1.165) is 5.56 Å². The van der Waals surface area contributed by atoms with E-state index in [1.165, 1.54) is 0 Å². The van der Waals surface area contributed by atoms with E-state index in [2.05, 4.69) is 5.43 Å². The van der Waals surface area contributed by atoms with Gasteiger partial charge in [0.25, 0.3) is 0 Å². The quantitative estimate of drug-likeness (QED) is 0.670. The minimum Gasteiger partial charge on any atom is -0.459 e. The van der Waals surface area contributed by atoms with Crippen molar-refractivity contribution in [3.8, 4) is 0 Å². The number of hydrogen-bond acceptors (Lipinski definition) is 5. The maximum Gasteiger partial charge on any atom is 0.398 e. The largest absolute Gasteiger partial charge is 0.459 e. The number of nitrogens with zero attached hydrogens (tertiary/aromatic N) is 1. The number of esters is 1. The van der Waals surface area contributed by atoms with Crippen LogP contribution in [0.15, 0.2) is 30.3 Å². The Labute approximate surface area is 130 Å². The summed E-state index contributed by atoms with van der Waals surface area (Å²) in [5.41, 5.74) is 3.08. The minimum absolute atomic E-state index is 0.0456. The molecule has 1 unspecified atom stereocenters. The van der Waals surface area contributed by atoms with Crippen molar-refractivity contribution in [3.05, 3.63) is 35.9 Å². The summed E-state index contributed by atoms with van der Waals surface area (Å²) in [6.07, 6.45) is 0.716. The van der Waals surface area contributed by atoms with Crippen LogP contribution in [0.3, 0.4) is 0 Å². The summed E-state index contributed by atoms with van der Waals surface area (Å²) in [6, 6.07) is 9.90. The smallest absolute Gasteiger partial charge is 0.398 e. The van der Waals surface area contributed by atoms with Crippen molar-refractivity contribution in [1.82, 2.24) is 10.4 Å². The van der Waals surface area contributed by atoms with Gasteiger partial charge in [-0.3, -0.25) is 10.2 Å². The maximum absolute atomic E-state index is 11.9. The number of ether oxygens (including phenoxy) is 2. The molecule has 1 fully saturated rings. The van der Waals surface area contributed by atoms with Crippen LogP contribution in [-0.4, -0.2) is 41.9 Å². The first-order valence-corrected chi connectivity index (χ1v) is 7.39. The van der Waals surface area contributed by atoms with Gasteiger partial charge < -0.3 is 9.47 Å². The molecule has 6 heteroatoms. The highest BCUT2D eigenvalue weighted by molar-refractivity contribution is 6.32. The van der Waals surface area contributed by atoms with Gasteiger partial charge in [0.15, 0.2) is 0 Å². The molecule has 2 rings (SSSR count). The molecule has 0 aromatic heterocycles. The molecule has 1 N–H and O–H groups in total. The molecule has 22 heavy (non-hydrogen) atoms. The summed E-state index contributed by atoms with van der Waals surface area (Å²) >= 11 is 0. The zero-order chi connectivity index (χ0) is 16.2. The van der Waals surface area contributed by atoms with Crippen LogP contribution in [0.5, 0.6) is 0 Å². The Balaban J connectivity index is 2.07. The molecule has 0 spiro atoms. The zero-order valence-corrected chi connectivity index (χ0v) is 13.2. The fourth-order valence-corrected chi connectivity index (χ4v) is 2.50. The van der Waals surface area contributed by atoms with Crippen LogP contribution < -0.4 is 5.43 Å². The Morgan fingerprint density at radius 2 is 2.05 bits per heavy atom. The van der Waals surface area contributed by atoms with Gasteiger partial charge in [-0.25, -0.2) is 4.79 Å². The van der Waals surface area contributed by atoms with Crippen molar-refractivity contribution >= 4 is 11.9 Å². The Hall–Kier alpha value is -1.92. The van der Waals surface area contributed by atoms with Crippen molar-refractivity contribution < 1.29 is 19.1 Å². The Morgan fingerprint density at radius 1 is 1.36 bits per heavy atom. The Bertz CT molecular complexity index is 530. The maximum atomic E-state index is 11.9. The highest BCUT2D eigenvalue weighted by atomic mass is 16.5. The molecule has 0 bridgehead atoms. The Morgan fingerprint density at radius 3 is 2.68 bits per heavy atom. The van der Waals surface area contributed by atoms with E-state index in [4.69, 9.17) is 9.47 Å². The van der Waals surface area contributed by atoms with Crippen LogP contribution in [0.4, 0.5) is 0 Å². The van der Waals surface area contributed by atoms with Gasteiger partial charge in [0.05, 0.1) is 19.3 Å². The lowest BCUT2D eigenvalue weighted by molar-refractivity contribution is -0.161. The van der Waals surface area contributed by atoms with Crippen LogP contribution in [0.2, 0.25) is 0 Å². The number of carbonyl (C=O) groups excluding carboxylic acids is 2. The number of rotatable bonds is 4. The topological polar surface area (TPSA) is 67.9 Å². The van der Waals surface area contributed by atoms with Crippen LogP contribution in [0.1, 0.15) is 26.3 Å². The Kier molecular flexibility index (Phi) is 5.15. The van der Waals surface area contributed by atoms with Crippen LogP contribution in [0.25, 0.3) is 0 Å². The van der Waals surface area contributed by atoms with E-state index in [0.29, 0.717) is 13.0 Å². The highest BCUT2D eigenvalue weighted by Crippen LogP contribution is 2.27. The zero-order valence-electron chi connectivity index (χ0n) is 13.2. The third-order valence-electron chi connectivity index (χ3n) is 3.57. The van der Waals surface area contributed by atoms with Gasteiger partial charge in [0.2, 0.25) is 0 Å². The summed E-state index contributed by atoms with van der Waals surface area (Å²) < 4.78 is 10.5. The molecule has 120 valence electrons. The average Bonchev–Trinajstić information content (AvgIpc) is 2.76. The van der Waals surface area contributed by atoms with Gasteiger partial charge in [0.1, 0.15) is 5.72 Å². The number of carbonyl (C=O) groups is 2. The molecule has 0 aliphatic carbocycles. The van der Waals surface area contributed by atoms with Crippen LogP contribution in [-0.2, 0) is 25.5 Å². The van der Waals surface area contributed by atoms with E-state index >= 15 is 0 Å². The molecule has 1 aromatic carbocycles. The number of nitrogens with one attached hydrogen (secondary N) is 1. The van der Waals surface area contributed by atoms with Crippen LogP contribution in [0, 0.1) is 0 Å². The van der Waals surface area contributed by atoms with Gasteiger partial charge in [-0.15, -0.1) is 0 Å². The summed E-state index contributed by atoms with van der Waals surface area (Å²) in [5, 5.41) is 1.69. The van der Waals surface area contributed by atoms with Crippen molar-refractivity contribution in [2.24, 2.45) is 0 Å². The second-order valence-corrected chi connectivity index (χ2v) is 5.63. The molecule has 6 nitrogen and oxygen atoms in total. The van der Waals surface area contributed by atoms with Crippen molar-refractivity contribution in [2.45, 2.75) is 39.0 Å². The predicted molar refractivity (Wildman–Crippen MR) is 80.6 cm³/mol. The number of benzene rings is 1. The highest BCUT2D eigenvalue weighted by Gasteiger charge is 2.42. The number of amides is 1. The SMILES string of the molecule is CCOC(=O)C(=O)NN1C(Cc2ccccc2)COC1(C)C. The van der Waals surface area contributed by atoms with Gasteiger partial charge >= 0.3 is 11.9 Å². The molecule has 1 aromatic rings. The first-order valence-electron chi connectivity index (χ1n) is 7.39. The van der Waals surface area contributed by atoms with E-state index in [1.807, 2.05) is 44.2 Å². The molecule has 1 amide bonds. The molecule has 1 atom stereocenters. The van der Waals surface area contributed by atoms with Gasteiger partial charge in [-0.1, -0.05) is 30.3 Å². The summed E-state index contributed by atoms with van der Waals surface area (Å²) in [4.78, 5) is 23.4. The molecular formula is C16H22N2O4. The molecule has 0 saturated carbocycles. The first kappa shape index (κ1) is 16.5. The third kappa shape index (κ3) is 3.84. The summed E-state index contributed by atoms with van der Waals surface area (Å²) in [7, 11) is 0. The normalized spacial score (nSPS) is 20.6. The standard InChI is InChI=1S/C16H22N2O4/c1-4-21-15(20)14(19)17-18-13(11-22-16(18,2)3)10-12-8-6-5-7-9-12/h5-9,13H,4,10-11H2,1-3H3,(H,17,19). The van der Waals surface area contributed by atoms with Gasteiger partial charge in [0, 0.05) is 0 Å². The summed E-state index contributed by atoms with van der Waals surface area (Å²) in [6.45, 7) is 6.00. The lowest BCUT2D eigenvalue weighted by Crippen LogP contribution is -2.56. The first-order chi connectivity index (χ1) is 10.4. The lowest BCUT2D eigenvalue weighted by Gasteiger charge is -2.33. The fraction of sp³-hybridized carbons (Fsp3) is 0.500. The number of hydrazine groups is 1. The predicted octanol–water partition coefficient (Wildman–Crippen LogP) is 1.26. The molecular weight excluding hydrogens is 284 g/mol. The van der Waals surface area contributed by atoms with Crippen molar-refractivity contribution in [2.75, 3.05) is 13.2 Å². The second-order valence-electron chi connectivity index (χ2n) is 5.63.